The van der Waals surface area contributed by atoms with E-state index in [1.807, 2.05) is 34.3 Å². The van der Waals surface area contributed by atoms with Crippen molar-refractivity contribution in [2.45, 2.75) is 19.1 Å². The number of oxazole rings is 1. The molecule has 0 spiro atoms. The fourth-order valence-corrected chi connectivity index (χ4v) is 4.28. The zero-order valence-corrected chi connectivity index (χ0v) is 19.1. The van der Waals surface area contributed by atoms with Crippen LogP contribution in [0.4, 0.5) is 19.2 Å². The van der Waals surface area contributed by atoms with Gasteiger partial charge >= 0.3 is 6.18 Å². The van der Waals surface area contributed by atoms with E-state index in [1.54, 1.807) is 4.90 Å². The molecular weight excluding hydrogens is 481 g/mol. The van der Waals surface area contributed by atoms with Gasteiger partial charge in [0.2, 0.25) is 5.91 Å². The van der Waals surface area contributed by atoms with Crippen LogP contribution in [0.25, 0.3) is 22.0 Å². The van der Waals surface area contributed by atoms with E-state index in [4.69, 9.17) is 9.15 Å². The number of rotatable bonds is 7. The van der Waals surface area contributed by atoms with E-state index < -0.39 is 22.7 Å². The SMILES string of the molecule is O=C(CCOCCn1cc(C(F)(F)F)c2c(=O)[nH]ncc21)N1CCN(c2nc3ccccc3o2)CC1. The summed E-state index contributed by atoms with van der Waals surface area (Å²) in [5.74, 6) is -0.0614. The number of fused-ring (bicyclic) bond motifs is 2. The summed E-state index contributed by atoms with van der Waals surface area (Å²) in [7, 11) is 0. The van der Waals surface area contributed by atoms with Crippen molar-refractivity contribution in [3.05, 3.63) is 52.6 Å². The Balaban J connectivity index is 1.09. The number of carbonyl (C=O) groups is 1. The van der Waals surface area contributed by atoms with E-state index in [0.717, 1.165) is 11.7 Å². The van der Waals surface area contributed by atoms with E-state index >= 15 is 0 Å². The monoisotopic (exact) mass is 504 g/mol. The summed E-state index contributed by atoms with van der Waals surface area (Å²) in [6, 6.07) is 8.05. The third-order valence-electron chi connectivity index (χ3n) is 6.13. The third kappa shape index (κ3) is 4.78. The highest BCUT2D eigenvalue weighted by Crippen LogP contribution is 2.34. The van der Waals surface area contributed by atoms with Crippen LogP contribution in [0, 0.1) is 0 Å². The molecule has 1 fully saturated rings. The first-order valence-corrected chi connectivity index (χ1v) is 11.4. The predicted octanol–water partition coefficient (Wildman–Crippen LogP) is 2.64. The van der Waals surface area contributed by atoms with Crippen molar-refractivity contribution in [1.29, 1.82) is 0 Å². The average Bonchev–Trinajstić information content (AvgIpc) is 3.46. The molecule has 1 saturated heterocycles. The zero-order chi connectivity index (χ0) is 25.3. The molecule has 1 aromatic carbocycles. The van der Waals surface area contributed by atoms with Crippen molar-refractivity contribution in [3.8, 4) is 0 Å². The Hall–Kier alpha value is -3.87. The highest BCUT2D eigenvalue weighted by atomic mass is 19.4. The van der Waals surface area contributed by atoms with Gasteiger partial charge in [0.05, 0.1) is 42.3 Å². The lowest BCUT2D eigenvalue weighted by Crippen LogP contribution is -2.49. The van der Waals surface area contributed by atoms with Crippen molar-refractivity contribution in [3.63, 3.8) is 0 Å². The Bertz CT molecular complexity index is 1400. The van der Waals surface area contributed by atoms with Crippen molar-refractivity contribution < 1.29 is 27.1 Å². The number of H-pyrrole nitrogens is 1. The summed E-state index contributed by atoms with van der Waals surface area (Å²) >= 11 is 0. The first-order valence-electron chi connectivity index (χ1n) is 11.4. The van der Waals surface area contributed by atoms with Crippen LogP contribution in [0.1, 0.15) is 12.0 Å². The Morgan fingerprint density at radius 1 is 1.14 bits per heavy atom. The van der Waals surface area contributed by atoms with Crippen molar-refractivity contribution in [2.75, 3.05) is 44.3 Å². The van der Waals surface area contributed by atoms with E-state index in [0.29, 0.717) is 37.8 Å². The summed E-state index contributed by atoms with van der Waals surface area (Å²) < 4.78 is 52.5. The quantitative estimate of drug-likeness (QED) is 0.386. The third-order valence-corrected chi connectivity index (χ3v) is 6.13. The number of aromatic nitrogens is 4. The lowest BCUT2D eigenvalue weighted by molar-refractivity contribution is -0.136. The van der Waals surface area contributed by atoms with Gasteiger partial charge in [-0.25, -0.2) is 5.10 Å². The van der Waals surface area contributed by atoms with E-state index in [1.165, 1.54) is 10.8 Å². The molecule has 3 aromatic heterocycles. The highest BCUT2D eigenvalue weighted by Gasteiger charge is 2.36. The molecule has 1 aliphatic rings. The molecule has 0 bridgehead atoms. The molecule has 1 N–H and O–H groups in total. The van der Waals surface area contributed by atoms with Gasteiger partial charge in [0.15, 0.2) is 5.58 Å². The number of anilines is 1. The zero-order valence-electron chi connectivity index (χ0n) is 19.1. The first-order chi connectivity index (χ1) is 17.3. The van der Waals surface area contributed by atoms with Crippen LogP contribution in [0.3, 0.4) is 0 Å². The normalized spacial score (nSPS) is 14.8. The maximum Gasteiger partial charge on any atom is 0.418 e. The van der Waals surface area contributed by atoms with Gasteiger partial charge in [-0.15, -0.1) is 0 Å². The number of piperazine rings is 1. The first kappa shape index (κ1) is 23.9. The average molecular weight is 504 g/mol. The topological polar surface area (TPSA) is 109 Å². The molecule has 0 saturated carbocycles. The summed E-state index contributed by atoms with van der Waals surface area (Å²) in [6.07, 6.45) is -2.46. The number of nitrogens with one attached hydrogen (secondary N) is 1. The number of amides is 1. The second-order valence-electron chi connectivity index (χ2n) is 8.39. The maximum absolute atomic E-state index is 13.3. The van der Waals surface area contributed by atoms with Gasteiger partial charge in [0.25, 0.3) is 11.6 Å². The van der Waals surface area contributed by atoms with E-state index in [2.05, 4.69) is 10.1 Å². The van der Waals surface area contributed by atoms with Gasteiger partial charge in [-0.2, -0.15) is 23.3 Å². The van der Waals surface area contributed by atoms with Crippen LogP contribution in [0.5, 0.6) is 0 Å². The van der Waals surface area contributed by atoms with Crippen molar-refractivity contribution >= 4 is 33.9 Å². The Labute approximate surface area is 202 Å². The number of hydrogen-bond donors (Lipinski definition) is 1. The second kappa shape index (κ2) is 9.64. The van der Waals surface area contributed by atoms with Crippen LogP contribution in [-0.4, -0.2) is 69.9 Å². The summed E-state index contributed by atoms with van der Waals surface area (Å²) in [4.78, 5) is 32.7. The number of nitrogens with zero attached hydrogens (tertiary/aromatic N) is 5. The predicted molar refractivity (Wildman–Crippen MR) is 124 cm³/mol. The van der Waals surface area contributed by atoms with Crippen molar-refractivity contribution in [1.82, 2.24) is 24.6 Å². The smallest absolute Gasteiger partial charge is 0.418 e. The molecule has 4 aromatic rings. The number of benzene rings is 1. The number of para-hydroxylation sites is 2. The minimum atomic E-state index is -4.67. The molecule has 4 heterocycles. The van der Waals surface area contributed by atoms with Crippen LogP contribution in [-0.2, 0) is 22.3 Å². The molecule has 0 atom stereocenters. The summed E-state index contributed by atoms with van der Waals surface area (Å²) in [6.45, 7) is 2.52. The lowest BCUT2D eigenvalue weighted by Gasteiger charge is -2.33. The number of carbonyl (C=O) groups excluding carboxylic acids is 1. The molecule has 0 unspecified atom stereocenters. The number of aromatic amines is 1. The molecular formula is C23H23F3N6O4. The number of ether oxygens (including phenoxy) is 1. The highest BCUT2D eigenvalue weighted by molar-refractivity contribution is 5.82. The maximum atomic E-state index is 13.3. The van der Waals surface area contributed by atoms with Gasteiger partial charge in [-0.1, -0.05) is 12.1 Å². The van der Waals surface area contributed by atoms with Gasteiger partial charge in [0, 0.05) is 38.9 Å². The molecule has 0 aliphatic carbocycles. The largest absolute Gasteiger partial charge is 0.423 e. The fourth-order valence-electron chi connectivity index (χ4n) is 4.28. The van der Waals surface area contributed by atoms with Crippen molar-refractivity contribution in [2.24, 2.45) is 0 Å². The number of halogens is 3. The fraction of sp³-hybridized carbons (Fsp3) is 0.391. The van der Waals surface area contributed by atoms with Gasteiger partial charge in [-0.05, 0) is 12.1 Å². The number of hydrogen-bond acceptors (Lipinski definition) is 7. The molecule has 13 heteroatoms. The van der Waals surface area contributed by atoms with Crippen LogP contribution < -0.4 is 10.5 Å². The Kier molecular flexibility index (Phi) is 6.39. The van der Waals surface area contributed by atoms with Crippen LogP contribution in [0.2, 0.25) is 0 Å². The van der Waals surface area contributed by atoms with E-state index in [-0.39, 0.29) is 37.6 Å². The van der Waals surface area contributed by atoms with Crippen LogP contribution in [0.15, 0.2) is 45.9 Å². The molecule has 10 nitrogen and oxygen atoms in total. The molecule has 5 rings (SSSR count). The van der Waals surface area contributed by atoms with Gasteiger partial charge < -0.3 is 23.5 Å². The summed E-state index contributed by atoms with van der Waals surface area (Å²) in [5.41, 5.74) is -0.348. The van der Waals surface area contributed by atoms with Gasteiger partial charge in [0.1, 0.15) is 5.52 Å². The minimum absolute atomic E-state index is 0.0614. The molecule has 36 heavy (non-hydrogen) atoms. The molecule has 1 amide bonds. The molecule has 1 aliphatic heterocycles. The Morgan fingerprint density at radius 3 is 2.67 bits per heavy atom. The minimum Gasteiger partial charge on any atom is -0.423 e. The van der Waals surface area contributed by atoms with E-state index in [9.17, 15) is 22.8 Å². The molecule has 0 radical (unpaired) electrons. The Morgan fingerprint density at radius 2 is 1.92 bits per heavy atom. The standard InChI is InChI=1S/C23H23F3N6O4/c24-23(25,26)15-14-32(17-13-27-29-21(34)20(15)17)10-12-35-11-5-19(33)30-6-8-31(9-7-30)22-28-16-3-1-2-4-18(16)36-22/h1-4,13-14H,5-12H2,(H,29,34). The summed E-state index contributed by atoms with van der Waals surface area (Å²) in [5, 5.41) is 5.17. The van der Waals surface area contributed by atoms with Crippen LogP contribution >= 0.6 is 0 Å². The second-order valence-corrected chi connectivity index (χ2v) is 8.39. The van der Waals surface area contributed by atoms with Gasteiger partial charge in [-0.3, -0.25) is 9.59 Å². The molecule has 190 valence electrons. The number of alkyl halides is 3. The lowest BCUT2D eigenvalue weighted by atomic mass is 10.2.